The van der Waals surface area contributed by atoms with E-state index in [0.29, 0.717) is 12.5 Å². The zero-order chi connectivity index (χ0) is 14.2. The highest BCUT2D eigenvalue weighted by atomic mass is 127. The molecule has 2 rings (SSSR count). The molecule has 2 heterocycles. The lowest BCUT2D eigenvalue weighted by molar-refractivity contribution is 0.114. The molecule has 0 amide bonds. The van der Waals surface area contributed by atoms with E-state index in [0.717, 1.165) is 50.9 Å². The predicted molar refractivity (Wildman–Crippen MR) is 92.9 cm³/mol. The fraction of sp³-hybridized carbons (Fsp3) is 0.714. The Morgan fingerprint density at radius 1 is 1.57 bits per heavy atom. The number of likely N-dealkylation sites (tertiary alicyclic amines) is 1. The average molecular weight is 408 g/mol. The summed E-state index contributed by atoms with van der Waals surface area (Å²) in [5.41, 5.74) is 0.852. The molecule has 1 atom stereocenters. The van der Waals surface area contributed by atoms with Crippen LogP contribution in [0.25, 0.3) is 0 Å². The van der Waals surface area contributed by atoms with Crippen LogP contribution in [0.4, 0.5) is 0 Å². The molecule has 0 aliphatic carbocycles. The maximum absolute atomic E-state index is 5.51. The van der Waals surface area contributed by atoms with Crippen LogP contribution >= 0.6 is 24.0 Å². The highest BCUT2D eigenvalue weighted by molar-refractivity contribution is 14.0. The standard InChI is InChI=1S/C14H24N4O2.HI/c1-3-15-14(16-9-13-6-8-20-17-13)18-7-5-12(10-18)11-19-4-2;/h6,8,12H,3-5,7,9-11H2,1-2H3,(H,15,16);1H. The van der Waals surface area contributed by atoms with Crippen molar-refractivity contribution < 1.29 is 9.26 Å². The summed E-state index contributed by atoms with van der Waals surface area (Å²) in [6.07, 6.45) is 2.74. The third kappa shape index (κ3) is 5.82. The first-order valence-electron chi connectivity index (χ1n) is 7.33. The number of rotatable bonds is 6. The number of halogens is 1. The second-order valence-electron chi connectivity index (χ2n) is 4.92. The van der Waals surface area contributed by atoms with Gasteiger partial charge in [0.05, 0.1) is 13.2 Å². The molecule has 1 aliphatic rings. The number of hydrogen-bond donors (Lipinski definition) is 1. The lowest BCUT2D eigenvalue weighted by Crippen LogP contribution is -2.40. The molecule has 0 aromatic carbocycles. The van der Waals surface area contributed by atoms with E-state index >= 15 is 0 Å². The van der Waals surface area contributed by atoms with Gasteiger partial charge < -0.3 is 19.5 Å². The van der Waals surface area contributed by atoms with Crippen LogP contribution in [0, 0.1) is 5.92 Å². The zero-order valence-corrected chi connectivity index (χ0v) is 15.1. The van der Waals surface area contributed by atoms with E-state index < -0.39 is 0 Å². The number of aromatic nitrogens is 1. The number of ether oxygens (including phenoxy) is 1. The van der Waals surface area contributed by atoms with Gasteiger partial charge in [-0.2, -0.15) is 0 Å². The SMILES string of the molecule is CCNC(=NCc1ccon1)N1CCC(COCC)C1.I. The Labute approximate surface area is 143 Å². The van der Waals surface area contributed by atoms with Gasteiger partial charge in [-0.15, -0.1) is 24.0 Å². The van der Waals surface area contributed by atoms with Crippen LogP contribution in [-0.4, -0.2) is 48.9 Å². The van der Waals surface area contributed by atoms with Crippen molar-refractivity contribution in [1.82, 2.24) is 15.4 Å². The van der Waals surface area contributed by atoms with Crippen LogP contribution in [0.2, 0.25) is 0 Å². The van der Waals surface area contributed by atoms with Crippen LogP contribution < -0.4 is 5.32 Å². The molecule has 1 aromatic rings. The van der Waals surface area contributed by atoms with Gasteiger partial charge in [0, 0.05) is 38.2 Å². The molecular formula is C14H25IN4O2. The minimum atomic E-state index is 0. The summed E-state index contributed by atoms with van der Waals surface area (Å²) >= 11 is 0. The van der Waals surface area contributed by atoms with Crippen molar-refractivity contribution >= 4 is 29.9 Å². The highest BCUT2D eigenvalue weighted by Gasteiger charge is 2.24. The van der Waals surface area contributed by atoms with Crippen molar-refractivity contribution in [2.75, 3.05) is 32.8 Å². The van der Waals surface area contributed by atoms with Crippen LogP contribution in [0.3, 0.4) is 0 Å². The quantitative estimate of drug-likeness (QED) is 0.444. The molecule has 1 N–H and O–H groups in total. The molecule has 0 spiro atoms. The third-order valence-corrected chi connectivity index (χ3v) is 3.36. The smallest absolute Gasteiger partial charge is 0.194 e. The Bertz CT molecular complexity index is 411. The lowest BCUT2D eigenvalue weighted by atomic mass is 10.1. The summed E-state index contributed by atoms with van der Waals surface area (Å²) in [5, 5.41) is 7.22. The molecule has 120 valence electrons. The number of guanidine groups is 1. The van der Waals surface area contributed by atoms with E-state index in [9.17, 15) is 0 Å². The Kier molecular flexibility index (Phi) is 8.67. The van der Waals surface area contributed by atoms with Gasteiger partial charge in [0.15, 0.2) is 5.96 Å². The first-order chi connectivity index (χ1) is 9.83. The molecule has 1 fully saturated rings. The maximum atomic E-state index is 5.51. The van der Waals surface area contributed by atoms with Gasteiger partial charge in [-0.1, -0.05) is 5.16 Å². The molecule has 1 unspecified atom stereocenters. The first-order valence-corrected chi connectivity index (χ1v) is 7.33. The second-order valence-corrected chi connectivity index (χ2v) is 4.92. The van der Waals surface area contributed by atoms with E-state index in [-0.39, 0.29) is 24.0 Å². The summed E-state index contributed by atoms with van der Waals surface area (Å²) in [4.78, 5) is 6.92. The van der Waals surface area contributed by atoms with E-state index in [4.69, 9.17) is 9.26 Å². The maximum Gasteiger partial charge on any atom is 0.194 e. The Balaban J connectivity index is 0.00000220. The molecule has 7 heteroatoms. The van der Waals surface area contributed by atoms with Crippen molar-refractivity contribution in [2.45, 2.75) is 26.8 Å². The van der Waals surface area contributed by atoms with Crippen LogP contribution in [-0.2, 0) is 11.3 Å². The largest absolute Gasteiger partial charge is 0.381 e. The summed E-state index contributed by atoms with van der Waals surface area (Å²) in [5.74, 6) is 1.56. The summed E-state index contributed by atoms with van der Waals surface area (Å²) < 4.78 is 10.3. The van der Waals surface area contributed by atoms with Gasteiger partial charge in [-0.3, -0.25) is 0 Å². The van der Waals surface area contributed by atoms with Gasteiger partial charge in [0.1, 0.15) is 12.0 Å². The van der Waals surface area contributed by atoms with Crippen molar-refractivity contribution in [2.24, 2.45) is 10.9 Å². The topological polar surface area (TPSA) is 62.9 Å². The first kappa shape index (κ1) is 18.2. The molecule has 0 saturated carbocycles. The monoisotopic (exact) mass is 408 g/mol. The number of nitrogens with zero attached hydrogens (tertiary/aromatic N) is 3. The van der Waals surface area contributed by atoms with E-state index in [1.54, 1.807) is 6.26 Å². The highest BCUT2D eigenvalue weighted by Crippen LogP contribution is 2.16. The van der Waals surface area contributed by atoms with Crippen molar-refractivity contribution in [3.05, 3.63) is 18.0 Å². The molecule has 21 heavy (non-hydrogen) atoms. The predicted octanol–water partition coefficient (Wildman–Crippen LogP) is 2.12. The minimum Gasteiger partial charge on any atom is -0.381 e. The molecule has 1 aliphatic heterocycles. The molecule has 1 aromatic heterocycles. The normalized spacial score (nSPS) is 18.7. The van der Waals surface area contributed by atoms with Crippen molar-refractivity contribution in [3.8, 4) is 0 Å². The third-order valence-electron chi connectivity index (χ3n) is 3.36. The second kappa shape index (κ2) is 9.99. The number of nitrogens with one attached hydrogen (secondary N) is 1. The lowest BCUT2D eigenvalue weighted by Gasteiger charge is -2.21. The summed E-state index contributed by atoms with van der Waals surface area (Å²) in [7, 11) is 0. The molecule has 6 nitrogen and oxygen atoms in total. The van der Waals surface area contributed by atoms with Gasteiger partial charge in [-0.25, -0.2) is 4.99 Å². The minimum absolute atomic E-state index is 0. The van der Waals surface area contributed by atoms with E-state index in [1.165, 1.54) is 0 Å². The fourth-order valence-electron chi connectivity index (χ4n) is 2.35. The Morgan fingerprint density at radius 3 is 3.10 bits per heavy atom. The Morgan fingerprint density at radius 2 is 2.43 bits per heavy atom. The molecule has 1 saturated heterocycles. The molecule has 0 bridgehead atoms. The molecular weight excluding hydrogens is 383 g/mol. The summed E-state index contributed by atoms with van der Waals surface area (Å²) in [6, 6.07) is 1.84. The van der Waals surface area contributed by atoms with Crippen molar-refractivity contribution in [3.63, 3.8) is 0 Å². The van der Waals surface area contributed by atoms with Gasteiger partial charge in [0.25, 0.3) is 0 Å². The number of hydrogen-bond acceptors (Lipinski definition) is 4. The van der Waals surface area contributed by atoms with Gasteiger partial charge >= 0.3 is 0 Å². The number of aliphatic imine (C=N–C) groups is 1. The molecule has 0 radical (unpaired) electrons. The fourth-order valence-corrected chi connectivity index (χ4v) is 2.35. The van der Waals surface area contributed by atoms with E-state index in [2.05, 4.69) is 27.3 Å². The van der Waals surface area contributed by atoms with Crippen molar-refractivity contribution in [1.29, 1.82) is 0 Å². The van der Waals surface area contributed by atoms with Gasteiger partial charge in [0.2, 0.25) is 0 Å². The average Bonchev–Trinajstić information content (AvgIpc) is 3.12. The van der Waals surface area contributed by atoms with E-state index in [1.807, 2.05) is 13.0 Å². The zero-order valence-electron chi connectivity index (χ0n) is 12.7. The summed E-state index contributed by atoms with van der Waals surface area (Å²) in [6.45, 7) is 9.20. The van der Waals surface area contributed by atoms with Crippen LogP contribution in [0.1, 0.15) is 26.0 Å². The van der Waals surface area contributed by atoms with Crippen LogP contribution in [0.5, 0.6) is 0 Å². The Hall–Kier alpha value is -0.830. The van der Waals surface area contributed by atoms with Crippen LogP contribution in [0.15, 0.2) is 21.8 Å². The van der Waals surface area contributed by atoms with Gasteiger partial charge in [-0.05, 0) is 20.3 Å².